The molecule has 0 aliphatic heterocycles. The van der Waals surface area contributed by atoms with Crippen molar-refractivity contribution in [3.05, 3.63) is 0 Å². The molecule has 1 fully saturated rings. The fourth-order valence-corrected chi connectivity index (χ4v) is 3.54. The van der Waals surface area contributed by atoms with Crippen molar-refractivity contribution in [2.24, 2.45) is 23.5 Å². The lowest BCUT2D eigenvalue weighted by atomic mass is 9.80. The van der Waals surface area contributed by atoms with Gasteiger partial charge in [-0.05, 0) is 12.3 Å². The van der Waals surface area contributed by atoms with Gasteiger partial charge < -0.3 is 20.9 Å². The number of rotatable bonds is 6. The number of hydrogen-bond donors (Lipinski definition) is 3. The largest absolute Gasteiger partial charge is 0.469 e. The highest BCUT2D eigenvalue weighted by molar-refractivity contribution is 5.74. The van der Waals surface area contributed by atoms with Crippen LogP contribution >= 0.6 is 0 Å². The van der Waals surface area contributed by atoms with Crippen LogP contribution in [0.2, 0.25) is 0 Å². The molecule has 1 aliphatic rings. The molecule has 6 heteroatoms. The summed E-state index contributed by atoms with van der Waals surface area (Å²) in [6.07, 6.45) is 1.25. The number of carbonyl (C=O) groups excluding carboxylic acids is 2. The Morgan fingerprint density at radius 1 is 1.38 bits per heavy atom. The fraction of sp³-hybridized carbons (Fsp3) is 0.867. The molecule has 0 aromatic rings. The van der Waals surface area contributed by atoms with Crippen molar-refractivity contribution >= 4 is 11.9 Å². The first-order chi connectivity index (χ1) is 9.87. The number of amides is 1. The van der Waals surface area contributed by atoms with Gasteiger partial charge in [-0.3, -0.25) is 9.59 Å². The van der Waals surface area contributed by atoms with Crippen LogP contribution in [-0.2, 0) is 14.3 Å². The number of hydrogen-bond acceptors (Lipinski definition) is 5. The SMILES string of the molecule is CCC(CC)C(NC(C)=O)[C@@H]1[C@H](O)[C@@H](C(=O)OC)C[C@H]1N. The van der Waals surface area contributed by atoms with Crippen molar-refractivity contribution in [3.63, 3.8) is 0 Å². The Balaban J connectivity index is 3.00. The van der Waals surface area contributed by atoms with Crippen molar-refractivity contribution < 1.29 is 19.4 Å². The van der Waals surface area contributed by atoms with Gasteiger partial charge in [-0.25, -0.2) is 0 Å². The zero-order valence-corrected chi connectivity index (χ0v) is 13.3. The monoisotopic (exact) mass is 300 g/mol. The van der Waals surface area contributed by atoms with Gasteiger partial charge in [-0.15, -0.1) is 0 Å². The smallest absolute Gasteiger partial charge is 0.311 e. The van der Waals surface area contributed by atoms with E-state index in [9.17, 15) is 14.7 Å². The topological polar surface area (TPSA) is 102 Å². The molecule has 0 heterocycles. The van der Waals surface area contributed by atoms with E-state index in [0.717, 1.165) is 12.8 Å². The van der Waals surface area contributed by atoms with Crippen LogP contribution in [0.1, 0.15) is 40.0 Å². The number of carbonyl (C=O) groups is 2. The minimum Gasteiger partial charge on any atom is -0.469 e. The molecule has 0 saturated heterocycles. The van der Waals surface area contributed by atoms with E-state index in [4.69, 9.17) is 10.5 Å². The molecular formula is C15H28N2O4. The van der Waals surface area contributed by atoms with E-state index in [-0.39, 0.29) is 29.8 Å². The van der Waals surface area contributed by atoms with Gasteiger partial charge >= 0.3 is 5.97 Å². The third kappa shape index (κ3) is 3.95. The van der Waals surface area contributed by atoms with Gasteiger partial charge in [0.05, 0.1) is 19.1 Å². The summed E-state index contributed by atoms with van der Waals surface area (Å²) in [6, 6.07) is -0.557. The molecular weight excluding hydrogens is 272 g/mol. The quantitative estimate of drug-likeness (QED) is 0.617. The summed E-state index contributed by atoms with van der Waals surface area (Å²) in [7, 11) is 1.31. The molecule has 0 aromatic heterocycles. The van der Waals surface area contributed by atoms with Crippen LogP contribution in [0.25, 0.3) is 0 Å². The molecule has 21 heavy (non-hydrogen) atoms. The number of nitrogens with two attached hydrogens (primary N) is 1. The molecule has 6 nitrogen and oxygen atoms in total. The predicted octanol–water partition coefficient (Wildman–Crippen LogP) is 0.425. The highest BCUT2D eigenvalue weighted by Crippen LogP contribution is 2.37. The van der Waals surface area contributed by atoms with Crippen molar-refractivity contribution in [1.29, 1.82) is 0 Å². The molecule has 1 amide bonds. The van der Waals surface area contributed by atoms with E-state index in [2.05, 4.69) is 5.32 Å². The molecule has 1 saturated carbocycles. The number of aliphatic hydroxyl groups excluding tert-OH is 1. The second-order valence-electron chi connectivity index (χ2n) is 5.90. The number of ether oxygens (including phenoxy) is 1. The van der Waals surface area contributed by atoms with Crippen LogP contribution in [-0.4, -0.2) is 42.3 Å². The maximum Gasteiger partial charge on any atom is 0.311 e. The van der Waals surface area contributed by atoms with E-state index in [0.29, 0.717) is 6.42 Å². The predicted molar refractivity (Wildman–Crippen MR) is 79.3 cm³/mol. The van der Waals surface area contributed by atoms with Gasteiger partial charge in [0.25, 0.3) is 0 Å². The first kappa shape index (κ1) is 17.9. The number of aliphatic hydroxyl groups is 1. The summed E-state index contributed by atoms with van der Waals surface area (Å²) in [5.41, 5.74) is 6.16. The molecule has 1 aliphatic carbocycles. The first-order valence-corrected chi connectivity index (χ1v) is 7.65. The number of nitrogens with one attached hydrogen (secondary N) is 1. The average Bonchev–Trinajstić information content (AvgIpc) is 2.73. The molecule has 122 valence electrons. The summed E-state index contributed by atoms with van der Waals surface area (Å²) in [5, 5.41) is 13.4. The van der Waals surface area contributed by atoms with Crippen molar-refractivity contribution in [1.82, 2.24) is 5.32 Å². The maximum absolute atomic E-state index is 11.7. The standard InChI is InChI=1S/C15H28N2O4/c1-5-9(6-2)13(17-8(3)18)12-11(16)7-10(14(12)19)15(20)21-4/h9-14,19H,5-7,16H2,1-4H3,(H,17,18)/t10-,11+,12+,13?,14+/m0/s1. The van der Waals surface area contributed by atoms with Crippen LogP contribution in [0, 0.1) is 17.8 Å². The minimum absolute atomic E-state index is 0.146. The van der Waals surface area contributed by atoms with E-state index < -0.39 is 18.0 Å². The number of esters is 1. The van der Waals surface area contributed by atoms with Crippen LogP contribution in [0.3, 0.4) is 0 Å². The van der Waals surface area contributed by atoms with Gasteiger partial charge in [0, 0.05) is 24.9 Å². The van der Waals surface area contributed by atoms with Crippen LogP contribution < -0.4 is 11.1 Å². The molecule has 1 rings (SSSR count). The lowest BCUT2D eigenvalue weighted by Crippen LogP contribution is -2.52. The van der Waals surface area contributed by atoms with Crippen LogP contribution in [0.4, 0.5) is 0 Å². The summed E-state index contributed by atoms with van der Waals surface area (Å²) < 4.78 is 4.73. The summed E-state index contributed by atoms with van der Waals surface area (Å²) in [6.45, 7) is 5.56. The summed E-state index contributed by atoms with van der Waals surface area (Å²) in [4.78, 5) is 23.3. The molecule has 4 N–H and O–H groups in total. The van der Waals surface area contributed by atoms with Gasteiger partial charge in [0.2, 0.25) is 5.91 Å². The van der Waals surface area contributed by atoms with Crippen molar-refractivity contribution in [2.45, 2.75) is 58.2 Å². The third-order valence-electron chi connectivity index (χ3n) is 4.67. The molecule has 0 bridgehead atoms. The second kappa shape index (κ2) is 7.75. The van der Waals surface area contributed by atoms with Gasteiger partial charge in [-0.2, -0.15) is 0 Å². The van der Waals surface area contributed by atoms with Crippen molar-refractivity contribution in [3.8, 4) is 0 Å². The zero-order chi connectivity index (χ0) is 16.2. The van der Waals surface area contributed by atoms with E-state index in [1.165, 1.54) is 14.0 Å². The Kier molecular flexibility index (Phi) is 6.61. The molecule has 0 spiro atoms. The lowest BCUT2D eigenvalue weighted by molar-refractivity contribution is -0.149. The lowest BCUT2D eigenvalue weighted by Gasteiger charge is -2.35. The minimum atomic E-state index is -0.884. The summed E-state index contributed by atoms with van der Waals surface area (Å²) >= 11 is 0. The maximum atomic E-state index is 11.7. The van der Waals surface area contributed by atoms with E-state index in [1.54, 1.807) is 0 Å². The van der Waals surface area contributed by atoms with Gasteiger partial charge in [0.1, 0.15) is 0 Å². The molecule has 5 atom stereocenters. The van der Waals surface area contributed by atoms with Crippen molar-refractivity contribution in [2.75, 3.05) is 7.11 Å². The van der Waals surface area contributed by atoms with E-state index >= 15 is 0 Å². The molecule has 0 radical (unpaired) electrons. The van der Waals surface area contributed by atoms with Gasteiger partial charge in [0.15, 0.2) is 0 Å². The normalized spacial score (nSPS) is 30.2. The first-order valence-electron chi connectivity index (χ1n) is 7.65. The zero-order valence-electron chi connectivity index (χ0n) is 13.3. The highest BCUT2D eigenvalue weighted by atomic mass is 16.5. The molecule has 0 aromatic carbocycles. The molecule has 1 unspecified atom stereocenters. The highest BCUT2D eigenvalue weighted by Gasteiger charge is 2.49. The second-order valence-corrected chi connectivity index (χ2v) is 5.90. The fourth-order valence-electron chi connectivity index (χ4n) is 3.54. The van der Waals surface area contributed by atoms with Gasteiger partial charge in [-0.1, -0.05) is 26.7 Å². The Bertz CT molecular complexity index is 371. The number of methoxy groups -OCH3 is 1. The Morgan fingerprint density at radius 2 is 1.95 bits per heavy atom. The average molecular weight is 300 g/mol. The van der Waals surface area contributed by atoms with E-state index in [1.807, 2.05) is 13.8 Å². The van der Waals surface area contributed by atoms with Crippen LogP contribution in [0.5, 0.6) is 0 Å². The third-order valence-corrected chi connectivity index (χ3v) is 4.67. The summed E-state index contributed by atoms with van der Waals surface area (Å²) in [5.74, 6) is -1.31. The Hall–Kier alpha value is -1.14. The Labute approximate surface area is 126 Å². The Morgan fingerprint density at radius 3 is 2.38 bits per heavy atom. The van der Waals surface area contributed by atoms with Crippen LogP contribution in [0.15, 0.2) is 0 Å².